The van der Waals surface area contributed by atoms with Gasteiger partial charge in [-0.3, -0.25) is 4.98 Å². The number of hydrogen-bond acceptors (Lipinski definition) is 4. The monoisotopic (exact) mass is 559 g/mol. The summed E-state index contributed by atoms with van der Waals surface area (Å²) in [6, 6.07) is 18.4. The molecule has 8 heteroatoms. The molecule has 0 spiro atoms. The second kappa shape index (κ2) is 10.7. The summed E-state index contributed by atoms with van der Waals surface area (Å²) in [5.74, 6) is 1.69. The van der Waals surface area contributed by atoms with Gasteiger partial charge in [-0.1, -0.05) is 24.6 Å². The molecule has 0 saturated carbocycles. The molecule has 0 bridgehead atoms. The van der Waals surface area contributed by atoms with E-state index in [4.69, 9.17) is 33.2 Å². The van der Waals surface area contributed by atoms with Gasteiger partial charge in [0.2, 0.25) is 0 Å². The fourth-order valence-corrected chi connectivity index (χ4v) is 6.67. The maximum Gasteiger partial charge on any atom is 0.174 e. The summed E-state index contributed by atoms with van der Waals surface area (Å²) in [6.45, 7) is 9.40. The number of thiocarbonyl (C=S) groups is 1. The molecule has 4 aromatic rings. The smallest absolute Gasteiger partial charge is 0.174 e. The highest BCUT2D eigenvalue weighted by Gasteiger charge is 2.42. The van der Waals surface area contributed by atoms with Crippen LogP contribution in [0.3, 0.4) is 0 Å². The van der Waals surface area contributed by atoms with Crippen LogP contribution < -0.4 is 15.1 Å². The van der Waals surface area contributed by atoms with Gasteiger partial charge in [0.05, 0.1) is 41.3 Å². The average Bonchev–Trinajstić information content (AvgIpc) is 3.64. The summed E-state index contributed by atoms with van der Waals surface area (Å²) in [5.41, 5.74) is 6.58. The lowest BCUT2D eigenvalue weighted by Crippen LogP contribution is -2.33. The van der Waals surface area contributed by atoms with Crippen molar-refractivity contribution in [3.63, 3.8) is 0 Å². The molecule has 2 aliphatic rings. The molecule has 6 nitrogen and oxygen atoms in total. The molecule has 2 aliphatic heterocycles. The highest BCUT2D eigenvalue weighted by molar-refractivity contribution is 7.80. The number of halogens is 1. The average molecular weight is 560 g/mol. The Morgan fingerprint density at radius 1 is 1.08 bits per heavy atom. The number of piperidine rings is 1. The van der Waals surface area contributed by atoms with Crippen molar-refractivity contribution in [3.05, 3.63) is 100 Å². The lowest BCUT2D eigenvalue weighted by Gasteiger charge is -2.33. The minimum absolute atomic E-state index is 0.0956. The Labute approximate surface area is 240 Å². The predicted molar refractivity (Wildman–Crippen MR) is 162 cm³/mol. The zero-order valence-electron chi connectivity index (χ0n) is 22.6. The van der Waals surface area contributed by atoms with E-state index in [1.54, 1.807) is 6.26 Å². The van der Waals surface area contributed by atoms with Crippen LogP contribution in [0.15, 0.2) is 71.5 Å². The van der Waals surface area contributed by atoms with Crippen LogP contribution in [0.2, 0.25) is 5.02 Å². The van der Waals surface area contributed by atoms with Crippen LogP contribution in [-0.2, 0) is 6.54 Å². The molecular weight excluding hydrogens is 526 g/mol. The highest BCUT2D eigenvalue weighted by Crippen LogP contribution is 2.45. The van der Waals surface area contributed by atoms with E-state index in [1.807, 2.05) is 30.5 Å². The van der Waals surface area contributed by atoms with Gasteiger partial charge in [0, 0.05) is 36.4 Å². The molecule has 0 aliphatic carbocycles. The van der Waals surface area contributed by atoms with Crippen LogP contribution in [0, 0.1) is 19.8 Å². The number of anilines is 2. The van der Waals surface area contributed by atoms with Gasteiger partial charge in [0.25, 0.3) is 0 Å². The first-order valence-electron chi connectivity index (χ1n) is 13.6. The molecule has 0 amide bonds. The van der Waals surface area contributed by atoms with Gasteiger partial charge in [-0.25, -0.2) is 0 Å². The summed E-state index contributed by atoms with van der Waals surface area (Å²) in [5, 5.41) is 5.01. The maximum absolute atomic E-state index is 6.95. The Hall–Kier alpha value is -3.29. The quantitative estimate of drug-likeness (QED) is 0.252. The van der Waals surface area contributed by atoms with Crippen LogP contribution in [0.1, 0.15) is 60.3 Å². The first-order valence-corrected chi connectivity index (χ1v) is 14.4. The largest absolute Gasteiger partial charge is 0.467 e. The fraction of sp³-hybridized carbons (Fsp3) is 0.355. The summed E-state index contributed by atoms with van der Waals surface area (Å²) in [6.07, 6.45) is 5.95. The number of rotatable bonds is 6. The Balaban J connectivity index is 1.40. The Morgan fingerprint density at radius 2 is 1.90 bits per heavy atom. The van der Waals surface area contributed by atoms with E-state index in [-0.39, 0.29) is 12.1 Å². The third-order valence-electron chi connectivity index (χ3n) is 8.26. The third-order valence-corrected chi connectivity index (χ3v) is 8.87. The molecule has 202 valence electrons. The number of pyridine rings is 1. The topological polar surface area (TPSA) is 49.5 Å². The number of benzene rings is 1. The van der Waals surface area contributed by atoms with Crippen molar-refractivity contribution in [1.29, 1.82) is 0 Å². The van der Waals surface area contributed by atoms with E-state index < -0.39 is 0 Å². The zero-order valence-corrected chi connectivity index (χ0v) is 24.2. The van der Waals surface area contributed by atoms with E-state index in [2.05, 4.69) is 70.8 Å². The van der Waals surface area contributed by atoms with Crippen LogP contribution in [-0.4, -0.2) is 27.8 Å². The molecule has 1 N–H and O–H groups in total. The first kappa shape index (κ1) is 26.0. The number of aromatic nitrogens is 2. The molecular formula is C31H34ClN5OS. The van der Waals surface area contributed by atoms with Crippen molar-refractivity contribution in [1.82, 2.24) is 14.9 Å². The van der Waals surface area contributed by atoms with Gasteiger partial charge in [0.1, 0.15) is 5.76 Å². The highest BCUT2D eigenvalue weighted by atomic mass is 35.5. The number of nitrogens with one attached hydrogen (secondary N) is 1. The zero-order chi connectivity index (χ0) is 27.1. The number of aryl methyl sites for hydroxylation is 1. The predicted octanol–water partition coefficient (Wildman–Crippen LogP) is 7.21. The SMILES string of the molecule is Cc1cc([C@@H]2[C@@H](c3ccccn3)NC(=S)N2c2ccc(N3CCC(C)CC3)c(Cl)c2)c(C)n1Cc1ccco1. The van der Waals surface area contributed by atoms with Crippen molar-refractivity contribution in [3.8, 4) is 0 Å². The first-order chi connectivity index (χ1) is 18.9. The number of furan rings is 1. The fourth-order valence-electron chi connectivity index (χ4n) is 6.03. The van der Waals surface area contributed by atoms with Gasteiger partial charge in [-0.05, 0) is 98.9 Å². The molecule has 0 radical (unpaired) electrons. The third kappa shape index (κ3) is 4.94. The van der Waals surface area contributed by atoms with E-state index >= 15 is 0 Å². The van der Waals surface area contributed by atoms with E-state index in [9.17, 15) is 0 Å². The van der Waals surface area contributed by atoms with Crippen LogP contribution >= 0.6 is 23.8 Å². The van der Waals surface area contributed by atoms with Crippen molar-refractivity contribution < 1.29 is 4.42 Å². The molecule has 2 saturated heterocycles. The van der Waals surface area contributed by atoms with E-state index in [0.717, 1.165) is 46.9 Å². The lowest BCUT2D eigenvalue weighted by atomic mass is 9.96. The van der Waals surface area contributed by atoms with Crippen molar-refractivity contribution in [2.45, 2.75) is 52.2 Å². The summed E-state index contributed by atoms with van der Waals surface area (Å²) in [4.78, 5) is 9.33. The molecule has 6 rings (SSSR count). The van der Waals surface area contributed by atoms with Crippen LogP contribution in [0.5, 0.6) is 0 Å². The Morgan fingerprint density at radius 3 is 2.59 bits per heavy atom. The standard InChI is InChI=1S/C31H34ClN5OS/c1-20-11-14-35(15-12-20)28-10-9-23(18-26(28)32)37-30(29(34-31(37)39)27-8-4-5-13-33-27)25-17-21(2)36(22(25)3)19-24-7-6-16-38-24/h4-10,13,16-18,20,29-30H,11-12,14-15,19H2,1-3H3,(H,34,39)/t29-,30-/m1/s1. The Kier molecular flexibility index (Phi) is 7.12. The molecule has 5 heterocycles. The molecule has 39 heavy (non-hydrogen) atoms. The summed E-state index contributed by atoms with van der Waals surface area (Å²) >= 11 is 12.9. The maximum atomic E-state index is 6.95. The molecule has 1 aromatic carbocycles. The van der Waals surface area contributed by atoms with Crippen molar-refractivity contribution in [2.75, 3.05) is 22.9 Å². The minimum atomic E-state index is -0.113. The molecule has 2 fully saturated rings. The van der Waals surface area contributed by atoms with Gasteiger partial charge in [0.15, 0.2) is 5.11 Å². The van der Waals surface area contributed by atoms with Gasteiger partial charge in [-0.2, -0.15) is 0 Å². The Bertz CT molecular complexity index is 1460. The second-order valence-corrected chi connectivity index (χ2v) is 11.6. The van der Waals surface area contributed by atoms with E-state index in [0.29, 0.717) is 11.7 Å². The normalized spacial score (nSPS) is 20.1. The van der Waals surface area contributed by atoms with Gasteiger partial charge < -0.3 is 24.1 Å². The molecule has 3 aromatic heterocycles. The van der Waals surface area contributed by atoms with Crippen LogP contribution in [0.4, 0.5) is 11.4 Å². The number of hydrogen-bond donors (Lipinski definition) is 1. The summed E-state index contributed by atoms with van der Waals surface area (Å²) < 4.78 is 7.97. The molecule has 0 unspecified atom stereocenters. The van der Waals surface area contributed by atoms with Gasteiger partial charge in [-0.15, -0.1) is 0 Å². The van der Waals surface area contributed by atoms with Gasteiger partial charge >= 0.3 is 0 Å². The minimum Gasteiger partial charge on any atom is -0.467 e. The lowest BCUT2D eigenvalue weighted by molar-refractivity contribution is 0.438. The summed E-state index contributed by atoms with van der Waals surface area (Å²) in [7, 11) is 0. The molecule has 2 atom stereocenters. The van der Waals surface area contributed by atoms with E-state index in [1.165, 1.54) is 29.8 Å². The second-order valence-electron chi connectivity index (χ2n) is 10.8. The van der Waals surface area contributed by atoms with Crippen molar-refractivity contribution in [2.24, 2.45) is 5.92 Å². The van der Waals surface area contributed by atoms with Crippen LogP contribution in [0.25, 0.3) is 0 Å². The van der Waals surface area contributed by atoms with Crippen molar-refractivity contribution >= 4 is 40.3 Å². The number of nitrogens with zero attached hydrogens (tertiary/aromatic N) is 4.